The van der Waals surface area contributed by atoms with Crippen LogP contribution in [0.25, 0.3) is 55.6 Å². The van der Waals surface area contributed by atoms with Gasteiger partial charge in [-0.25, -0.2) is 4.39 Å². The fourth-order valence-corrected chi connectivity index (χ4v) is 4.91. The number of rotatable bonds is 5. The molecule has 1 amide bonds. The maximum Gasteiger partial charge on any atom is 0.255 e. The average Bonchev–Trinajstić information content (AvgIpc) is 3.61. The van der Waals surface area contributed by atoms with Crippen LogP contribution < -0.4 is 5.32 Å². The molecule has 0 aliphatic rings. The Balaban J connectivity index is 1.25. The van der Waals surface area contributed by atoms with Crippen molar-refractivity contribution in [2.75, 3.05) is 5.32 Å². The van der Waals surface area contributed by atoms with Crippen molar-refractivity contribution in [3.05, 3.63) is 121 Å². The van der Waals surface area contributed by atoms with Crippen LogP contribution in [0.3, 0.4) is 0 Å². The monoisotopic (exact) mass is 524 g/mol. The number of hydrogen-bond donors (Lipinski definition) is 3. The number of hydrogen-bond acceptors (Lipinski definition) is 4. The minimum Gasteiger partial charge on any atom is -0.353 e. The fourth-order valence-electron chi connectivity index (χ4n) is 4.91. The summed E-state index contributed by atoms with van der Waals surface area (Å²) >= 11 is 0. The third-order valence-corrected chi connectivity index (χ3v) is 6.83. The lowest BCUT2D eigenvalue weighted by Gasteiger charge is -2.07. The number of benzene rings is 3. The molecule has 7 nitrogen and oxygen atoms in total. The molecule has 7 aromatic rings. The Bertz CT molecular complexity index is 2030. The lowest BCUT2D eigenvalue weighted by molar-refractivity contribution is 0.102. The maximum atomic E-state index is 13.9. The van der Waals surface area contributed by atoms with E-state index < -0.39 is 0 Å². The van der Waals surface area contributed by atoms with E-state index in [0.717, 1.165) is 49.9 Å². The zero-order chi connectivity index (χ0) is 27.1. The Morgan fingerprint density at radius 1 is 0.775 bits per heavy atom. The molecule has 0 atom stereocenters. The number of carbonyl (C=O) groups is 1. The van der Waals surface area contributed by atoms with Gasteiger partial charge in [0.25, 0.3) is 5.91 Å². The SMILES string of the molecule is O=C(Nc1cncc(-c2cc3c(-c4cc5c(-c6cccc(F)c6)cccc5[nH]4)n[nH]c3cn2)c1)c1ccccc1. The van der Waals surface area contributed by atoms with E-state index in [1.807, 2.05) is 60.7 Å². The Morgan fingerprint density at radius 3 is 2.52 bits per heavy atom. The van der Waals surface area contributed by atoms with Crippen molar-refractivity contribution in [2.45, 2.75) is 0 Å². The van der Waals surface area contributed by atoms with Gasteiger partial charge in [-0.2, -0.15) is 5.10 Å². The van der Waals surface area contributed by atoms with Crippen molar-refractivity contribution in [1.82, 2.24) is 25.1 Å². The first-order valence-electron chi connectivity index (χ1n) is 12.7. The van der Waals surface area contributed by atoms with E-state index >= 15 is 0 Å². The summed E-state index contributed by atoms with van der Waals surface area (Å²) in [5.41, 5.74) is 7.59. The van der Waals surface area contributed by atoms with Crippen molar-refractivity contribution in [1.29, 1.82) is 0 Å². The van der Waals surface area contributed by atoms with Crippen molar-refractivity contribution < 1.29 is 9.18 Å². The number of anilines is 1. The lowest BCUT2D eigenvalue weighted by atomic mass is 10.0. The van der Waals surface area contributed by atoms with Gasteiger partial charge < -0.3 is 10.3 Å². The fraction of sp³-hybridized carbons (Fsp3) is 0. The average molecular weight is 525 g/mol. The number of pyridine rings is 2. The molecule has 0 saturated carbocycles. The molecule has 0 aliphatic carbocycles. The van der Waals surface area contributed by atoms with Gasteiger partial charge in [-0.3, -0.25) is 19.9 Å². The van der Waals surface area contributed by atoms with Crippen LogP contribution >= 0.6 is 0 Å². The zero-order valence-corrected chi connectivity index (χ0v) is 21.0. The summed E-state index contributed by atoms with van der Waals surface area (Å²) in [5.74, 6) is -0.488. The first-order chi connectivity index (χ1) is 19.6. The summed E-state index contributed by atoms with van der Waals surface area (Å²) < 4.78 is 13.9. The van der Waals surface area contributed by atoms with Gasteiger partial charge in [0.05, 0.1) is 35.0 Å². The van der Waals surface area contributed by atoms with Crippen molar-refractivity contribution in [2.24, 2.45) is 0 Å². The first-order valence-corrected chi connectivity index (χ1v) is 12.7. The summed E-state index contributed by atoms with van der Waals surface area (Å²) in [7, 11) is 0. The third-order valence-electron chi connectivity index (χ3n) is 6.83. The molecule has 0 saturated heterocycles. The third kappa shape index (κ3) is 4.27. The molecule has 192 valence electrons. The molecule has 40 heavy (non-hydrogen) atoms. The minimum absolute atomic E-state index is 0.212. The number of halogens is 1. The van der Waals surface area contributed by atoms with Crippen LogP contribution in [0.4, 0.5) is 10.1 Å². The topological polar surface area (TPSA) is 99.4 Å². The Kier molecular flexibility index (Phi) is 5.63. The zero-order valence-electron chi connectivity index (χ0n) is 21.0. The predicted octanol–water partition coefficient (Wildman–Crippen LogP) is 7.23. The highest BCUT2D eigenvalue weighted by atomic mass is 19.1. The van der Waals surface area contributed by atoms with Crippen LogP contribution in [0.2, 0.25) is 0 Å². The molecule has 8 heteroatoms. The number of nitrogens with zero attached hydrogens (tertiary/aromatic N) is 3. The van der Waals surface area contributed by atoms with Gasteiger partial charge in [0.1, 0.15) is 11.5 Å². The summed E-state index contributed by atoms with van der Waals surface area (Å²) in [6.45, 7) is 0. The van der Waals surface area contributed by atoms with E-state index in [4.69, 9.17) is 0 Å². The molecule has 4 aromatic heterocycles. The molecule has 0 unspecified atom stereocenters. The second-order valence-electron chi connectivity index (χ2n) is 9.43. The Labute approximate surface area is 227 Å². The van der Waals surface area contributed by atoms with E-state index in [1.165, 1.54) is 12.1 Å². The van der Waals surface area contributed by atoms with E-state index in [-0.39, 0.29) is 11.7 Å². The Morgan fingerprint density at radius 2 is 1.65 bits per heavy atom. The molecule has 0 bridgehead atoms. The molecule has 7 rings (SSSR count). The number of amides is 1. The summed E-state index contributed by atoms with van der Waals surface area (Å²) in [6, 6.07) is 27.4. The van der Waals surface area contributed by atoms with Gasteiger partial charge in [-0.1, -0.05) is 42.5 Å². The highest BCUT2D eigenvalue weighted by molar-refractivity contribution is 6.04. The van der Waals surface area contributed by atoms with Crippen molar-refractivity contribution in [3.8, 4) is 33.8 Å². The summed E-state index contributed by atoms with van der Waals surface area (Å²) in [4.78, 5) is 25.0. The van der Waals surface area contributed by atoms with Gasteiger partial charge in [-0.05, 0) is 59.7 Å². The van der Waals surface area contributed by atoms with E-state index in [9.17, 15) is 9.18 Å². The quantitative estimate of drug-likeness (QED) is 0.221. The number of aromatic nitrogens is 5. The predicted molar refractivity (Wildman–Crippen MR) is 154 cm³/mol. The van der Waals surface area contributed by atoms with Crippen molar-refractivity contribution >= 4 is 33.4 Å². The highest BCUT2D eigenvalue weighted by Gasteiger charge is 2.15. The van der Waals surface area contributed by atoms with Gasteiger partial charge >= 0.3 is 0 Å². The lowest BCUT2D eigenvalue weighted by Crippen LogP contribution is -2.11. The molecule has 0 radical (unpaired) electrons. The number of aromatic amines is 2. The number of H-pyrrole nitrogens is 2. The summed E-state index contributed by atoms with van der Waals surface area (Å²) in [5, 5.41) is 12.4. The normalized spacial score (nSPS) is 11.2. The molecular weight excluding hydrogens is 503 g/mol. The largest absolute Gasteiger partial charge is 0.353 e. The minimum atomic E-state index is -0.276. The van der Waals surface area contributed by atoms with Gasteiger partial charge in [0, 0.05) is 33.6 Å². The smallest absolute Gasteiger partial charge is 0.255 e. The maximum absolute atomic E-state index is 13.9. The molecule has 3 N–H and O–H groups in total. The number of nitrogens with one attached hydrogen (secondary N) is 3. The molecule has 0 fully saturated rings. The van der Waals surface area contributed by atoms with Crippen LogP contribution in [-0.4, -0.2) is 31.1 Å². The van der Waals surface area contributed by atoms with Gasteiger partial charge in [-0.15, -0.1) is 0 Å². The molecule has 0 spiro atoms. The number of fused-ring (bicyclic) bond motifs is 2. The second-order valence-corrected chi connectivity index (χ2v) is 9.43. The van der Waals surface area contributed by atoms with E-state index in [2.05, 4.69) is 30.5 Å². The van der Waals surface area contributed by atoms with E-state index in [1.54, 1.807) is 36.8 Å². The Hall–Kier alpha value is -5.63. The number of carbonyl (C=O) groups excluding carboxylic acids is 1. The van der Waals surface area contributed by atoms with Crippen LogP contribution in [0.5, 0.6) is 0 Å². The second kappa shape index (κ2) is 9.59. The van der Waals surface area contributed by atoms with Crippen LogP contribution in [0.1, 0.15) is 10.4 Å². The molecule has 3 aromatic carbocycles. The highest BCUT2D eigenvalue weighted by Crippen LogP contribution is 2.35. The molecular formula is C32H21FN6O. The van der Waals surface area contributed by atoms with Crippen molar-refractivity contribution in [3.63, 3.8) is 0 Å². The molecule has 4 heterocycles. The van der Waals surface area contributed by atoms with Crippen LogP contribution in [0, 0.1) is 5.82 Å². The molecule has 0 aliphatic heterocycles. The van der Waals surface area contributed by atoms with Crippen LogP contribution in [0.15, 0.2) is 110 Å². The van der Waals surface area contributed by atoms with E-state index in [0.29, 0.717) is 16.9 Å². The van der Waals surface area contributed by atoms with Gasteiger partial charge in [0.15, 0.2) is 0 Å². The van der Waals surface area contributed by atoms with Crippen LogP contribution in [-0.2, 0) is 0 Å². The van der Waals surface area contributed by atoms with Gasteiger partial charge in [0.2, 0.25) is 0 Å². The summed E-state index contributed by atoms with van der Waals surface area (Å²) in [6.07, 6.45) is 5.05. The first kappa shape index (κ1) is 23.5. The standard InChI is InChI=1S/C32H21FN6O/c33-22-9-4-8-20(12-22)24-10-5-11-27-25(24)14-29(37-27)31-26-15-28(35-18-30(26)38-39-31)21-13-23(17-34-16-21)36-32(40)19-6-2-1-3-7-19/h1-18,37H,(H,36,40)(H,38,39).